The van der Waals surface area contributed by atoms with Crippen molar-refractivity contribution in [1.29, 1.82) is 0 Å². The van der Waals surface area contributed by atoms with Crippen molar-refractivity contribution >= 4 is 23.6 Å². The molecule has 0 saturated carbocycles. The fourth-order valence-electron chi connectivity index (χ4n) is 3.65. The van der Waals surface area contributed by atoms with Crippen molar-refractivity contribution in [3.05, 3.63) is 95.6 Å². The first-order valence-electron chi connectivity index (χ1n) is 10.2. The van der Waals surface area contributed by atoms with Gasteiger partial charge in [0.1, 0.15) is 13.2 Å². The molecule has 1 heterocycles. The number of hydrogen-bond acceptors (Lipinski definition) is 4. The molecule has 0 bridgehead atoms. The van der Waals surface area contributed by atoms with Gasteiger partial charge in [-0.2, -0.15) is 0 Å². The SMILES string of the molecule is C[C@@H]1Cc2cc(NC(=O)OCc3ccccc3)ccc2N1C(=O)OCc1ccccc1. The molecule has 3 aromatic carbocycles. The molecule has 158 valence electrons. The van der Waals surface area contributed by atoms with Crippen LogP contribution in [0.2, 0.25) is 0 Å². The molecule has 1 aliphatic heterocycles. The average molecular weight is 416 g/mol. The topological polar surface area (TPSA) is 67.9 Å². The molecular formula is C25H24N2O4. The number of nitrogens with one attached hydrogen (secondary N) is 1. The minimum atomic E-state index is -0.519. The Balaban J connectivity index is 1.36. The third-order valence-corrected chi connectivity index (χ3v) is 5.16. The molecule has 1 N–H and O–H groups in total. The van der Waals surface area contributed by atoms with Crippen LogP contribution in [0.1, 0.15) is 23.6 Å². The van der Waals surface area contributed by atoms with E-state index in [1.165, 1.54) is 0 Å². The Labute approximate surface area is 181 Å². The van der Waals surface area contributed by atoms with Crippen molar-refractivity contribution in [2.45, 2.75) is 32.6 Å². The number of hydrogen-bond donors (Lipinski definition) is 1. The second-order valence-electron chi connectivity index (χ2n) is 7.49. The van der Waals surface area contributed by atoms with Gasteiger partial charge in [-0.25, -0.2) is 9.59 Å². The first kappa shape index (κ1) is 20.5. The van der Waals surface area contributed by atoms with Gasteiger partial charge in [-0.1, -0.05) is 60.7 Å². The second kappa shape index (κ2) is 9.34. The van der Waals surface area contributed by atoms with Gasteiger partial charge < -0.3 is 9.47 Å². The summed E-state index contributed by atoms with van der Waals surface area (Å²) in [6.45, 7) is 2.41. The highest BCUT2D eigenvalue weighted by Gasteiger charge is 2.32. The van der Waals surface area contributed by atoms with Gasteiger partial charge in [0, 0.05) is 11.7 Å². The molecule has 2 amide bonds. The maximum atomic E-state index is 12.7. The zero-order chi connectivity index (χ0) is 21.6. The Hall–Kier alpha value is -3.80. The normalized spacial score (nSPS) is 14.6. The molecule has 0 aliphatic carbocycles. The molecule has 1 atom stereocenters. The minimum Gasteiger partial charge on any atom is -0.444 e. The van der Waals surface area contributed by atoms with Gasteiger partial charge in [-0.3, -0.25) is 10.2 Å². The summed E-state index contributed by atoms with van der Waals surface area (Å²) in [6, 6.07) is 24.5. The number of fused-ring (bicyclic) bond motifs is 1. The maximum absolute atomic E-state index is 12.7. The molecule has 31 heavy (non-hydrogen) atoms. The third-order valence-electron chi connectivity index (χ3n) is 5.16. The Morgan fingerprint density at radius 2 is 1.52 bits per heavy atom. The molecule has 1 aliphatic rings. The van der Waals surface area contributed by atoms with E-state index in [1.54, 1.807) is 11.0 Å². The van der Waals surface area contributed by atoms with Crippen LogP contribution in [0.4, 0.5) is 21.0 Å². The fraction of sp³-hybridized carbons (Fsp3) is 0.200. The number of carbonyl (C=O) groups excluding carboxylic acids is 2. The molecule has 4 rings (SSSR count). The molecular weight excluding hydrogens is 392 g/mol. The molecule has 0 aromatic heterocycles. The van der Waals surface area contributed by atoms with Crippen molar-refractivity contribution in [1.82, 2.24) is 0 Å². The molecule has 6 heteroatoms. The van der Waals surface area contributed by atoms with Gasteiger partial charge in [-0.15, -0.1) is 0 Å². The van der Waals surface area contributed by atoms with E-state index in [4.69, 9.17) is 9.47 Å². The van der Waals surface area contributed by atoms with Crippen LogP contribution in [0.25, 0.3) is 0 Å². The van der Waals surface area contributed by atoms with Crippen LogP contribution in [0.5, 0.6) is 0 Å². The fourth-order valence-corrected chi connectivity index (χ4v) is 3.65. The monoisotopic (exact) mass is 416 g/mol. The summed E-state index contributed by atoms with van der Waals surface area (Å²) in [6.07, 6.45) is -0.211. The highest BCUT2D eigenvalue weighted by atomic mass is 16.6. The average Bonchev–Trinajstić information content (AvgIpc) is 3.12. The lowest BCUT2D eigenvalue weighted by Gasteiger charge is -2.22. The summed E-state index contributed by atoms with van der Waals surface area (Å²) in [5, 5.41) is 2.75. The summed E-state index contributed by atoms with van der Waals surface area (Å²) >= 11 is 0. The smallest absolute Gasteiger partial charge is 0.414 e. The summed E-state index contributed by atoms with van der Waals surface area (Å²) in [5.74, 6) is 0. The molecule has 0 unspecified atom stereocenters. The lowest BCUT2D eigenvalue weighted by Crippen LogP contribution is -2.36. The lowest BCUT2D eigenvalue weighted by molar-refractivity contribution is 0.145. The van der Waals surface area contributed by atoms with Crippen LogP contribution >= 0.6 is 0 Å². The van der Waals surface area contributed by atoms with Crippen molar-refractivity contribution in [2.75, 3.05) is 10.2 Å². The summed E-state index contributed by atoms with van der Waals surface area (Å²) < 4.78 is 10.8. The lowest BCUT2D eigenvalue weighted by atomic mass is 10.1. The molecule has 0 spiro atoms. The number of rotatable bonds is 5. The highest BCUT2D eigenvalue weighted by molar-refractivity contribution is 5.92. The number of benzene rings is 3. The predicted octanol–water partition coefficient (Wildman–Crippen LogP) is 5.52. The highest BCUT2D eigenvalue weighted by Crippen LogP contribution is 2.34. The van der Waals surface area contributed by atoms with E-state index in [0.29, 0.717) is 12.1 Å². The largest absolute Gasteiger partial charge is 0.444 e. The Kier molecular flexibility index (Phi) is 6.17. The number of nitrogens with zero attached hydrogens (tertiary/aromatic N) is 1. The Morgan fingerprint density at radius 3 is 2.16 bits per heavy atom. The number of amides is 2. The van der Waals surface area contributed by atoms with E-state index < -0.39 is 6.09 Å². The van der Waals surface area contributed by atoms with Gasteiger partial charge in [-0.05, 0) is 48.2 Å². The van der Waals surface area contributed by atoms with Gasteiger partial charge in [0.25, 0.3) is 0 Å². The molecule has 6 nitrogen and oxygen atoms in total. The van der Waals surface area contributed by atoms with Crippen LogP contribution in [-0.4, -0.2) is 18.2 Å². The van der Waals surface area contributed by atoms with Crippen molar-refractivity contribution < 1.29 is 19.1 Å². The van der Waals surface area contributed by atoms with Gasteiger partial charge in [0.2, 0.25) is 0 Å². The summed E-state index contributed by atoms with van der Waals surface area (Å²) in [4.78, 5) is 26.5. The second-order valence-corrected chi connectivity index (χ2v) is 7.49. The molecule has 0 fully saturated rings. The third kappa shape index (κ3) is 5.04. The molecule has 3 aromatic rings. The Morgan fingerprint density at radius 1 is 0.903 bits per heavy atom. The number of anilines is 2. The van der Waals surface area contributed by atoms with Gasteiger partial charge in [0.05, 0.1) is 5.69 Å². The number of ether oxygens (including phenoxy) is 2. The van der Waals surface area contributed by atoms with Crippen LogP contribution in [0.15, 0.2) is 78.9 Å². The van der Waals surface area contributed by atoms with Crippen molar-refractivity contribution in [2.24, 2.45) is 0 Å². The zero-order valence-corrected chi connectivity index (χ0v) is 17.3. The van der Waals surface area contributed by atoms with E-state index in [-0.39, 0.29) is 25.3 Å². The van der Waals surface area contributed by atoms with Crippen LogP contribution in [0, 0.1) is 0 Å². The van der Waals surface area contributed by atoms with Crippen molar-refractivity contribution in [3.8, 4) is 0 Å². The summed E-state index contributed by atoms with van der Waals surface area (Å²) in [5.41, 5.74) is 4.27. The van der Waals surface area contributed by atoms with E-state index in [0.717, 1.165) is 22.4 Å². The number of carbonyl (C=O) groups is 2. The van der Waals surface area contributed by atoms with E-state index in [2.05, 4.69) is 5.32 Å². The quantitative estimate of drug-likeness (QED) is 0.594. The minimum absolute atomic E-state index is 0.0291. The molecule has 0 radical (unpaired) electrons. The maximum Gasteiger partial charge on any atom is 0.414 e. The Bertz CT molecular complexity index is 1050. The predicted molar refractivity (Wildman–Crippen MR) is 119 cm³/mol. The van der Waals surface area contributed by atoms with E-state index >= 15 is 0 Å². The van der Waals surface area contributed by atoms with Crippen LogP contribution in [0.3, 0.4) is 0 Å². The first-order valence-corrected chi connectivity index (χ1v) is 10.2. The van der Waals surface area contributed by atoms with E-state index in [1.807, 2.05) is 79.7 Å². The van der Waals surface area contributed by atoms with Crippen LogP contribution in [-0.2, 0) is 29.1 Å². The van der Waals surface area contributed by atoms with E-state index in [9.17, 15) is 9.59 Å². The standard InChI is InChI=1S/C25H24N2O4/c1-18-14-21-15-22(26-24(28)30-16-19-8-4-2-5-9-19)12-13-23(21)27(18)25(29)31-17-20-10-6-3-7-11-20/h2-13,15,18H,14,16-17H2,1H3,(H,26,28)/t18-/m1/s1. The van der Waals surface area contributed by atoms with Gasteiger partial charge >= 0.3 is 12.2 Å². The zero-order valence-electron chi connectivity index (χ0n) is 17.3. The first-order chi connectivity index (χ1) is 15.1. The van der Waals surface area contributed by atoms with Crippen LogP contribution < -0.4 is 10.2 Å². The summed E-state index contributed by atoms with van der Waals surface area (Å²) in [7, 11) is 0. The van der Waals surface area contributed by atoms with Gasteiger partial charge in [0.15, 0.2) is 0 Å². The van der Waals surface area contributed by atoms with Crippen molar-refractivity contribution in [3.63, 3.8) is 0 Å². The molecule has 0 saturated heterocycles.